The largest absolute Gasteiger partial charge is 0.296 e. The lowest BCUT2D eigenvalue weighted by Crippen LogP contribution is -2.48. The number of nitrogens with one attached hydrogen (secondary N) is 1. The highest BCUT2D eigenvalue weighted by molar-refractivity contribution is 7.92. The van der Waals surface area contributed by atoms with Crippen LogP contribution in [-0.4, -0.2) is 39.2 Å². The molecule has 0 radical (unpaired) electrons. The van der Waals surface area contributed by atoms with Crippen LogP contribution in [0.2, 0.25) is 0 Å². The second-order valence-electron chi connectivity index (χ2n) is 3.86. The minimum absolute atomic E-state index is 0.457. The van der Waals surface area contributed by atoms with Gasteiger partial charge in [-0.2, -0.15) is 0 Å². The van der Waals surface area contributed by atoms with Crippen LogP contribution in [0.1, 0.15) is 19.8 Å². The second kappa shape index (κ2) is 2.70. The number of fused-ring (bicyclic) bond motifs is 2. The average molecular weight is 188 g/mol. The fourth-order valence-electron chi connectivity index (χ4n) is 2.58. The predicted octanol–water partition coefficient (Wildman–Crippen LogP) is 0.900. The van der Waals surface area contributed by atoms with Gasteiger partial charge in [0.05, 0.1) is 0 Å². The zero-order chi connectivity index (χ0) is 8.77. The summed E-state index contributed by atoms with van der Waals surface area (Å²) in [6.45, 7) is 3.22. The number of nitrogens with zero attached hydrogens (tertiary/aromatic N) is 1. The third-order valence-corrected chi connectivity index (χ3v) is 4.91. The van der Waals surface area contributed by atoms with Crippen molar-refractivity contribution in [3.63, 3.8) is 0 Å². The van der Waals surface area contributed by atoms with E-state index in [1.807, 2.05) is 0 Å². The predicted molar refractivity (Wildman–Crippen MR) is 49.8 cm³/mol. The van der Waals surface area contributed by atoms with Crippen LogP contribution in [0, 0.1) is 4.78 Å². The summed E-state index contributed by atoms with van der Waals surface area (Å²) < 4.78 is 19.2. The van der Waals surface area contributed by atoms with Gasteiger partial charge in [0, 0.05) is 33.3 Å². The third-order valence-electron chi connectivity index (χ3n) is 3.06. The van der Waals surface area contributed by atoms with Gasteiger partial charge in [0.1, 0.15) is 0 Å². The van der Waals surface area contributed by atoms with E-state index < -0.39 is 9.73 Å². The number of hydrogen-bond acceptors (Lipinski definition) is 3. The molecule has 2 rings (SSSR count). The van der Waals surface area contributed by atoms with Crippen LogP contribution in [0.25, 0.3) is 0 Å². The van der Waals surface area contributed by atoms with Crippen molar-refractivity contribution in [1.29, 1.82) is 4.78 Å². The maximum atomic E-state index is 11.6. The van der Waals surface area contributed by atoms with Crippen LogP contribution in [0.15, 0.2) is 0 Å². The van der Waals surface area contributed by atoms with Gasteiger partial charge in [-0.15, -0.1) is 0 Å². The average Bonchev–Trinajstić information content (AvgIpc) is 2.23. The molecule has 2 saturated heterocycles. The van der Waals surface area contributed by atoms with Crippen molar-refractivity contribution in [3.05, 3.63) is 0 Å². The Kier molecular flexibility index (Phi) is 1.92. The van der Waals surface area contributed by atoms with E-state index in [-0.39, 0.29) is 0 Å². The molecular formula is C8H16N2OS. The Labute approximate surface area is 74.1 Å². The van der Waals surface area contributed by atoms with E-state index >= 15 is 0 Å². The molecule has 2 bridgehead atoms. The molecule has 0 saturated carbocycles. The fourth-order valence-corrected chi connectivity index (χ4v) is 4.67. The van der Waals surface area contributed by atoms with E-state index in [1.54, 1.807) is 0 Å². The van der Waals surface area contributed by atoms with Crippen molar-refractivity contribution in [1.82, 2.24) is 4.90 Å². The van der Waals surface area contributed by atoms with Gasteiger partial charge < -0.3 is 0 Å². The van der Waals surface area contributed by atoms with Gasteiger partial charge in [-0.05, 0) is 19.4 Å². The molecule has 2 aliphatic rings. The lowest BCUT2D eigenvalue weighted by Gasteiger charge is -2.34. The van der Waals surface area contributed by atoms with Crippen LogP contribution in [-0.2, 0) is 9.73 Å². The normalized spacial score (nSPS) is 48.1. The first-order chi connectivity index (χ1) is 5.62. The summed E-state index contributed by atoms with van der Waals surface area (Å²) >= 11 is 0. The van der Waals surface area contributed by atoms with E-state index in [2.05, 4.69) is 11.8 Å². The second-order valence-corrected chi connectivity index (χ2v) is 6.15. The van der Waals surface area contributed by atoms with Gasteiger partial charge in [-0.25, -0.2) is 4.21 Å². The molecule has 12 heavy (non-hydrogen) atoms. The molecule has 0 aromatic rings. The van der Waals surface area contributed by atoms with Crippen LogP contribution in [0.4, 0.5) is 0 Å². The topological polar surface area (TPSA) is 44.2 Å². The smallest absolute Gasteiger partial charge is 0.0472 e. The first-order valence-corrected chi connectivity index (χ1v) is 6.52. The van der Waals surface area contributed by atoms with Crippen LogP contribution in [0.3, 0.4) is 0 Å². The summed E-state index contributed by atoms with van der Waals surface area (Å²) in [5.41, 5.74) is 0. The fraction of sp³-hybridized carbons (Fsp3) is 1.00. The summed E-state index contributed by atoms with van der Waals surface area (Å²) in [7, 11) is -2.20. The highest BCUT2D eigenvalue weighted by atomic mass is 32.2. The molecule has 1 N–H and O–H groups in total. The first-order valence-electron chi connectivity index (χ1n) is 4.62. The van der Waals surface area contributed by atoms with Crippen molar-refractivity contribution in [3.8, 4) is 0 Å². The standard InChI is InChI=1S/C8H16N2OS/c1-2-10-7-3-4-8(10)6-12(9,11)5-7/h7-9H,2-6H2,1H3. The van der Waals surface area contributed by atoms with Crippen molar-refractivity contribution < 1.29 is 4.21 Å². The first kappa shape index (κ1) is 8.51. The molecule has 3 nitrogen and oxygen atoms in total. The summed E-state index contributed by atoms with van der Waals surface area (Å²) in [6.07, 6.45) is 2.32. The molecule has 0 aliphatic carbocycles. The number of hydrogen-bond donors (Lipinski definition) is 1. The van der Waals surface area contributed by atoms with Crippen molar-refractivity contribution in [2.45, 2.75) is 31.8 Å². The van der Waals surface area contributed by atoms with Crippen molar-refractivity contribution in [2.24, 2.45) is 0 Å². The Hall–Kier alpha value is -0.0900. The van der Waals surface area contributed by atoms with Gasteiger partial charge in [-0.1, -0.05) is 6.92 Å². The van der Waals surface area contributed by atoms with E-state index in [0.29, 0.717) is 23.6 Å². The van der Waals surface area contributed by atoms with Gasteiger partial charge in [-0.3, -0.25) is 9.68 Å². The zero-order valence-electron chi connectivity index (χ0n) is 7.45. The lowest BCUT2D eigenvalue weighted by molar-refractivity contribution is 0.221. The van der Waals surface area contributed by atoms with Crippen LogP contribution >= 0.6 is 0 Å². The highest BCUT2D eigenvalue weighted by Crippen LogP contribution is 2.30. The highest BCUT2D eigenvalue weighted by Gasteiger charge is 2.40. The van der Waals surface area contributed by atoms with E-state index in [4.69, 9.17) is 4.78 Å². The molecule has 2 aliphatic heterocycles. The minimum Gasteiger partial charge on any atom is -0.296 e. The maximum absolute atomic E-state index is 11.6. The van der Waals surface area contributed by atoms with Crippen LogP contribution < -0.4 is 0 Å². The Morgan fingerprint density at radius 1 is 1.42 bits per heavy atom. The Morgan fingerprint density at radius 3 is 2.33 bits per heavy atom. The summed E-state index contributed by atoms with van der Waals surface area (Å²) in [5, 5.41) is 0. The van der Waals surface area contributed by atoms with E-state index in [1.165, 1.54) is 0 Å². The molecule has 0 aromatic heterocycles. The number of rotatable bonds is 1. The molecule has 2 atom stereocenters. The minimum atomic E-state index is -2.20. The molecule has 70 valence electrons. The molecule has 2 unspecified atom stereocenters. The Balaban J connectivity index is 2.22. The van der Waals surface area contributed by atoms with Crippen molar-refractivity contribution in [2.75, 3.05) is 18.1 Å². The Bertz CT molecular complexity index is 253. The van der Waals surface area contributed by atoms with E-state index in [9.17, 15) is 4.21 Å². The van der Waals surface area contributed by atoms with Gasteiger partial charge in [0.2, 0.25) is 0 Å². The molecule has 0 spiro atoms. The monoisotopic (exact) mass is 188 g/mol. The molecule has 0 aromatic carbocycles. The molecule has 0 amide bonds. The van der Waals surface area contributed by atoms with Crippen LogP contribution in [0.5, 0.6) is 0 Å². The molecule has 2 fully saturated rings. The van der Waals surface area contributed by atoms with Crippen molar-refractivity contribution >= 4 is 9.73 Å². The summed E-state index contributed by atoms with van der Waals surface area (Å²) in [6, 6.07) is 0.914. The third kappa shape index (κ3) is 1.27. The lowest BCUT2D eigenvalue weighted by atomic mass is 10.2. The quantitative estimate of drug-likeness (QED) is 0.664. The van der Waals surface area contributed by atoms with Gasteiger partial charge in [0.15, 0.2) is 0 Å². The zero-order valence-corrected chi connectivity index (χ0v) is 8.27. The molecular weight excluding hydrogens is 172 g/mol. The van der Waals surface area contributed by atoms with Gasteiger partial charge >= 0.3 is 0 Å². The Morgan fingerprint density at radius 2 is 1.92 bits per heavy atom. The SMILES string of the molecule is CCN1C2CCC1CS(=N)(=O)C2. The summed E-state index contributed by atoms with van der Waals surface area (Å²) in [4.78, 5) is 2.43. The molecule has 4 heteroatoms. The van der Waals surface area contributed by atoms with Gasteiger partial charge in [0.25, 0.3) is 0 Å². The summed E-state index contributed by atoms with van der Waals surface area (Å²) in [5.74, 6) is 1.24. The van der Waals surface area contributed by atoms with E-state index in [0.717, 1.165) is 19.4 Å². The molecule has 2 heterocycles. The maximum Gasteiger partial charge on any atom is 0.0472 e.